The zero-order valence-electron chi connectivity index (χ0n) is 25.7. The normalized spacial score (nSPS) is 11.3. The maximum atomic E-state index is 6.39. The van der Waals surface area contributed by atoms with Crippen molar-refractivity contribution in [3.8, 4) is 56.4 Å². The number of furan rings is 1. The first-order valence-corrected chi connectivity index (χ1v) is 15.3. The van der Waals surface area contributed by atoms with Crippen molar-refractivity contribution in [1.82, 2.24) is 15.0 Å². The number of nitrogens with zero attached hydrogens (tertiary/aromatic N) is 3. The van der Waals surface area contributed by atoms with Crippen LogP contribution in [0.5, 0.6) is 0 Å². The Morgan fingerprint density at radius 2 is 0.896 bits per heavy atom. The van der Waals surface area contributed by atoms with E-state index >= 15 is 0 Å². The van der Waals surface area contributed by atoms with Gasteiger partial charge in [0.2, 0.25) is 0 Å². The molecule has 0 spiro atoms. The molecule has 0 unspecified atom stereocenters. The molecule has 0 saturated carbocycles. The molecule has 0 aliphatic heterocycles. The van der Waals surface area contributed by atoms with Crippen molar-refractivity contribution in [3.63, 3.8) is 0 Å². The summed E-state index contributed by atoms with van der Waals surface area (Å²) in [5.41, 5.74) is 8.63. The average molecular weight is 601 g/mol. The average Bonchev–Trinajstić information content (AvgIpc) is 3.52. The second-order valence-corrected chi connectivity index (χ2v) is 11.6. The van der Waals surface area contributed by atoms with Crippen LogP contribution in [0.15, 0.2) is 126 Å². The van der Waals surface area contributed by atoms with Gasteiger partial charge in [-0.2, -0.15) is 0 Å². The Morgan fingerprint density at radius 1 is 0.396 bits per heavy atom. The molecule has 0 atom stereocenters. The summed E-state index contributed by atoms with van der Waals surface area (Å²) in [5.74, 6) is 1.56. The van der Waals surface area contributed by atoms with Gasteiger partial charge in [0.05, 0.1) is 0 Å². The molecule has 0 fully saturated rings. The molecule has 6 aromatic carbocycles. The van der Waals surface area contributed by atoms with E-state index in [0.717, 1.165) is 55.3 Å². The molecule has 0 saturated heterocycles. The van der Waals surface area contributed by atoms with Gasteiger partial charge in [-0.3, -0.25) is 0 Å². The largest absolute Gasteiger partial charge is 0.456 e. The summed E-state index contributed by atoms with van der Waals surface area (Å²) in [5, 5.41) is 2.08. The zero-order chi connectivity index (χ0) is 32.9. The quantitative estimate of drug-likeness (QED) is 0.280. The van der Waals surface area contributed by atoms with Gasteiger partial charge in [-0.25, -0.2) is 15.0 Å². The van der Waals surface area contributed by atoms with Crippen molar-refractivity contribution in [1.29, 1.82) is 0 Å². The summed E-state index contributed by atoms with van der Waals surface area (Å²) in [6, 6.07) is 39.9. The minimum atomic E-state index is 0.175. The van der Waals surface area contributed by atoms with Gasteiger partial charge in [-0.1, -0.05) is 114 Å². The van der Waals surface area contributed by atoms with Gasteiger partial charge in [0.1, 0.15) is 50.4 Å². The molecule has 2 aromatic heterocycles. The highest BCUT2D eigenvalue weighted by molar-refractivity contribution is 6.68. The van der Waals surface area contributed by atoms with Crippen LogP contribution in [0, 0.1) is 0 Å². The third kappa shape index (κ3) is 5.07. The number of hydrogen-bond donors (Lipinski definition) is 0. The maximum absolute atomic E-state index is 6.39. The molecular weight excluding hydrogens is 581 g/mol. The lowest BCUT2D eigenvalue weighted by molar-refractivity contribution is 0.669. The Labute approximate surface area is 284 Å². The van der Waals surface area contributed by atoms with Crippen molar-refractivity contribution in [3.05, 3.63) is 121 Å². The number of rotatable bonds is 5. The number of aromatic nitrogens is 3. The predicted molar refractivity (Wildman–Crippen MR) is 201 cm³/mol. The fourth-order valence-electron chi connectivity index (χ4n) is 6.12. The molecule has 48 heavy (non-hydrogen) atoms. The number of fused-ring (bicyclic) bond motifs is 3. The van der Waals surface area contributed by atoms with Crippen LogP contribution in [-0.2, 0) is 0 Å². The lowest BCUT2D eigenvalue weighted by atomic mass is 9.59. The maximum Gasteiger partial charge on any atom is 0.164 e. The monoisotopic (exact) mass is 601 g/mol. The van der Waals surface area contributed by atoms with Gasteiger partial charge in [0, 0.05) is 27.5 Å². The lowest BCUT2D eigenvalue weighted by Gasteiger charge is -2.21. The van der Waals surface area contributed by atoms with Gasteiger partial charge < -0.3 is 4.42 Å². The van der Waals surface area contributed by atoms with E-state index in [2.05, 4.69) is 24.3 Å². The van der Waals surface area contributed by atoms with E-state index in [-0.39, 0.29) is 27.3 Å². The van der Waals surface area contributed by atoms with E-state index in [1.807, 2.05) is 97.1 Å². The van der Waals surface area contributed by atoms with Gasteiger partial charge in [-0.05, 0) is 40.5 Å². The highest BCUT2D eigenvalue weighted by Crippen LogP contribution is 2.38. The highest BCUT2D eigenvalue weighted by Gasteiger charge is 2.17. The van der Waals surface area contributed by atoms with E-state index < -0.39 is 0 Å². The van der Waals surface area contributed by atoms with E-state index in [1.54, 1.807) is 0 Å². The van der Waals surface area contributed by atoms with E-state index in [4.69, 9.17) is 58.6 Å². The van der Waals surface area contributed by atoms with Gasteiger partial charge in [0.25, 0.3) is 0 Å². The van der Waals surface area contributed by atoms with E-state index in [0.29, 0.717) is 23.0 Å². The Kier molecular flexibility index (Phi) is 7.41. The summed E-state index contributed by atoms with van der Waals surface area (Å²) in [6.07, 6.45) is 0. The molecule has 0 bridgehead atoms. The summed E-state index contributed by atoms with van der Waals surface area (Å²) in [7, 11) is 30.9. The van der Waals surface area contributed by atoms with Crippen molar-refractivity contribution < 1.29 is 4.42 Å². The molecule has 0 N–H and O–H groups in total. The van der Waals surface area contributed by atoms with Gasteiger partial charge in [0.15, 0.2) is 17.5 Å². The minimum absolute atomic E-state index is 0.175. The van der Waals surface area contributed by atoms with Gasteiger partial charge in [-0.15, -0.1) is 16.4 Å². The molecular formula is C39H20B5N3O. The lowest BCUT2D eigenvalue weighted by Crippen LogP contribution is -2.55. The Bertz CT molecular complexity index is 2470. The molecule has 0 amide bonds. The number of hydrogen-bond acceptors (Lipinski definition) is 4. The topological polar surface area (TPSA) is 51.8 Å². The summed E-state index contributed by atoms with van der Waals surface area (Å²) in [4.78, 5) is 14.7. The van der Waals surface area contributed by atoms with Crippen molar-refractivity contribution >= 4 is 88.5 Å². The van der Waals surface area contributed by atoms with Crippen LogP contribution in [0.3, 0.4) is 0 Å². The minimum Gasteiger partial charge on any atom is -0.456 e. The summed E-state index contributed by atoms with van der Waals surface area (Å²) >= 11 is 0. The SMILES string of the molecule is [B]c1c([B])c([B])c(-c2ccc(-c3nc(-c4ccccc4)nc(-c4ccc5c(c4)oc4cccc(-c6ccccc6)c45)n3)cc2)c([B])c1[B]. The van der Waals surface area contributed by atoms with Crippen LogP contribution in [-0.4, -0.2) is 54.2 Å². The van der Waals surface area contributed by atoms with Crippen LogP contribution in [0.25, 0.3) is 78.4 Å². The second-order valence-electron chi connectivity index (χ2n) is 11.6. The zero-order valence-corrected chi connectivity index (χ0v) is 25.7. The van der Waals surface area contributed by atoms with Gasteiger partial charge >= 0.3 is 0 Å². The van der Waals surface area contributed by atoms with E-state index in [1.165, 1.54) is 0 Å². The molecule has 8 aromatic rings. The fourth-order valence-corrected chi connectivity index (χ4v) is 6.12. The summed E-state index contributed by atoms with van der Waals surface area (Å²) < 4.78 is 6.39. The third-order valence-corrected chi connectivity index (χ3v) is 8.64. The second kappa shape index (κ2) is 11.9. The molecule has 212 valence electrons. The van der Waals surface area contributed by atoms with Crippen molar-refractivity contribution in [2.75, 3.05) is 0 Å². The Balaban J connectivity index is 1.25. The first-order chi connectivity index (χ1) is 23.4. The molecule has 9 heteroatoms. The smallest absolute Gasteiger partial charge is 0.164 e. The standard InChI is InChI=1S/C39H20B5N3O/c40-32-30(33(41)35(43)36(44)34(32)42)22-14-16-24(17-15-22)38-45-37(23-10-5-2-6-11-23)46-39(47-38)25-18-19-27-29(20-25)48-28-13-7-12-26(31(27)28)21-8-3-1-4-9-21/h1-20H. The van der Waals surface area contributed by atoms with Crippen LogP contribution < -0.4 is 27.3 Å². The number of benzene rings is 6. The molecule has 10 radical (unpaired) electrons. The van der Waals surface area contributed by atoms with Crippen molar-refractivity contribution in [2.24, 2.45) is 0 Å². The summed E-state index contributed by atoms with van der Waals surface area (Å²) in [6.45, 7) is 0. The first-order valence-electron chi connectivity index (χ1n) is 15.3. The first kappa shape index (κ1) is 29.8. The van der Waals surface area contributed by atoms with Crippen LogP contribution in [0.2, 0.25) is 0 Å². The highest BCUT2D eigenvalue weighted by atomic mass is 16.3. The fraction of sp³-hybridized carbons (Fsp3) is 0. The van der Waals surface area contributed by atoms with Crippen LogP contribution in [0.4, 0.5) is 0 Å². The molecule has 0 aliphatic carbocycles. The molecule has 2 heterocycles. The van der Waals surface area contributed by atoms with Crippen LogP contribution in [0.1, 0.15) is 0 Å². The predicted octanol–water partition coefficient (Wildman–Crippen LogP) is 4.08. The van der Waals surface area contributed by atoms with Crippen molar-refractivity contribution in [2.45, 2.75) is 0 Å². The van der Waals surface area contributed by atoms with Crippen LogP contribution >= 0.6 is 0 Å². The Morgan fingerprint density at radius 3 is 1.52 bits per heavy atom. The van der Waals surface area contributed by atoms with E-state index in [9.17, 15) is 0 Å². The Hall–Kier alpha value is -5.55. The third-order valence-electron chi connectivity index (χ3n) is 8.64. The molecule has 0 aliphatic rings. The molecule has 8 rings (SSSR count). The molecule has 4 nitrogen and oxygen atoms in total.